The molecular formula is C19H22N2O2S2. The molecule has 4 nitrogen and oxygen atoms in total. The maximum absolute atomic E-state index is 12.6. The van der Waals surface area contributed by atoms with Crippen molar-refractivity contribution in [2.45, 2.75) is 32.6 Å². The number of amides is 2. The molecule has 2 fully saturated rings. The minimum Gasteiger partial charge on any atom is -0.343 e. The molecule has 0 atom stereocenters. The summed E-state index contributed by atoms with van der Waals surface area (Å²) in [7, 11) is 0. The minimum atomic E-state index is -0.0954. The van der Waals surface area contributed by atoms with Gasteiger partial charge in [0.1, 0.15) is 4.32 Å². The number of aryl methyl sites for hydroxylation is 1. The zero-order chi connectivity index (χ0) is 17.8. The van der Waals surface area contributed by atoms with Gasteiger partial charge in [-0.15, -0.1) is 0 Å². The highest BCUT2D eigenvalue weighted by Crippen LogP contribution is 2.32. The van der Waals surface area contributed by atoms with Gasteiger partial charge in [-0.3, -0.25) is 14.5 Å². The topological polar surface area (TPSA) is 40.6 Å². The van der Waals surface area contributed by atoms with E-state index in [-0.39, 0.29) is 11.8 Å². The van der Waals surface area contributed by atoms with Crippen LogP contribution in [0, 0.1) is 6.92 Å². The monoisotopic (exact) mass is 374 g/mol. The van der Waals surface area contributed by atoms with Crippen LogP contribution >= 0.6 is 24.0 Å². The lowest BCUT2D eigenvalue weighted by Crippen LogP contribution is -2.38. The predicted octanol–water partition coefficient (Wildman–Crippen LogP) is 3.60. The van der Waals surface area contributed by atoms with E-state index in [0.29, 0.717) is 22.2 Å². The third-order valence-electron chi connectivity index (χ3n) is 4.51. The maximum atomic E-state index is 12.6. The van der Waals surface area contributed by atoms with Crippen molar-refractivity contribution in [3.05, 3.63) is 40.3 Å². The Morgan fingerprint density at radius 1 is 1.20 bits per heavy atom. The molecule has 3 rings (SSSR count). The zero-order valence-electron chi connectivity index (χ0n) is 14.4. The van der Waals surface area contributed by atoms with Gasteiger partial charge in [0.25, 0.3) is 5.91 Å². The molecule has 0 saturated carbocycles. The highest BCUT2D eigenvalue weighted by atomic mass is 32.2. The minimum absolute atomic E-state index is 0.0954. The van der Waals surface area contributed by atoms with Gasteiger partial charge in [-0.25, -0.2) is 0 Å². The van der Waals surface area contributed by atoms with E-state index in [4.69, 9.17) is 12.2 Å². The Morgan fingerprint density at radius 2 is 1.88 bits per heavy atom. The molecule has 0 radical (unpaired) electrons. The summed E-state index contributed by atoms with van der Waals surface area (Å²) in [6, 6.07) is 8.01. The highest BCUT2D eigenvalue weighted by molar-refractivity contribution is 8.26. The fourth-order valence-electron chi connectivity index (χ4n) is 3.02. The normalized spacial score (nSPS) is 19.8. The Labute approximate surface area is 158 Å². The largest absolute Gasteiger partial charge is 0.343 e. The van der Waals surface area contributed by atoms with Crippen LogP contribution in [0.2, 0.25) is 0 Å². The molecule has 0 spiro atoms. The average Bonchev–Trinajstić information content (AvgIpc) is 2.89. The van der Waals surface area contributed by atoms with Crippen LogP contribution < -0.4 is 0 Å². The fourth-order valence-corrected chi connectivity index (χ4v) is 4.32. The fraction of sp³-hybridized carbons (Fsp3) is 0.421. The second-order valence-electron chi connectivity index (χ2n) is 6.44. The summed E-state index contributed by atoms with van der Waals surface area (Å²) < 4.78 is 0.537. The van der Waals surface area contributed by atoms with E-state index in [1.165, 1.54) is 23.7 Å². The van der Waals surface area contributed by atoms with Crippen molar-refractivity contribution in [1.82, 2.24) is 9.80 Å². The Kier molecular flexibility index (Phi) is 5.91. The number of thiocarbonyl (C=S) groups is 1. The predicted molar refractivity (Wildman–Crippen MR) is 106 cm³/mol. The number of benzene rings is 1. The Balaban J connectivity index is 1.61. The Morgan fingerprint density at radius 3 is 2.56 bits per heavy atom. The van der Waals surface area contributed by atoms with Gasteiger partial charge < -0.3 is 4.90 Å². The molecule has 2 saturated heterocycles. The summed E-state index contributed by atoms with van der Waals surface area (Å²) in [5, 5.41) is 0. The summed E-state index contributed by atoms with van der Waals surface area (Å²) >= 11 is 6.65. The van der Waals surface area contributed by atoms with Crippen molar-refractivity contribution >= 4 is 46.2 Å². The number of hydrogen-bond donors (Lipinski definition) is 0. The van der Waals surface area contributed by atoms with Gasteiger partial charge in [-0.05, 0) is 37.8 Å². The lowest BCUT2D eigenvalue weighted by Gasteiger charge is -2.27. The van der Waals surface area contributed by atoms with E-state index in [0.717, 1.165) is 31.5 Å². The number of likely N-dealkylation sites (tertiary alicyclic amines) is 1. The Bertz CT molecular complexity index is 707. The third kappa shape index (κ3) is 4.50. The van der Waals surface area contributed by atoms with Crippen molar-refractivity contribution in [2.75, 3.05) is 19.6 Å². The first-order chi connectivity index (χ1) is 12.0. The van der Waals surface area contributed by atoms with Gasteiger partial charge in [-0.1, -0.05) is 53.8 Å². The van der Waals surface area contributed by atoms with Gasteiger partial charge in [0.05, 0.1) is 4.91 Å². The van der Waals surface area contributed by atoms with Crippen molar-refractivity contribution in [3.63, 3.8) is 0 Å². The zero-order valence-corrected chi connectivity index (χ0v) is 16.0. The van der Waals surface area contributed by atoms with Crippen molar-refractivity contribution < 1.29 is 9.59 Å². The van der Waals surface area contributed by atoms with Gasteiger partial charge in [0.2, 0.25) is 5.91 Å². The number of piperidine rings is 1. The van der Waals surface area contributed by atoms with E-state index < -0.39 is 0 Å². The van der Waals surface area contributed by atoms with Gasteiger partial charge in [0, 0.05) is 26.1 Å². The van der Waals surface area contributed by atoms with Gasteiger partial charge >= 0.3 is 0 Å². The second kappa shape index (κ2) is 8.15. The van der Waals surface area contributed by atoms with E-state index in [1.54, 1.807) is 4.90 Å². The number of rotatable bonds is 4. The first-order valence-corrected chi connectivity index (χ1v) is 9.87. The SMILES string of the molecule is Cc1ccc(C=C2SC(=S)N(CCC(=O)N3CCCCC3)C2=O)cc1. The number of carbonyl (C=O) groups is 2. The number of nitrogens with zero attached hydrogens (tertiary/aromatic N) is 2. The van der Waals surface area contributed by atoms with Crippen LogP contribution in [-0.4, -0.2) is 45.6 Å². The van der Waals surface area contributed by atoms with Crippen molar-refractivity contribution in [3.8, 4) is 0 Å². The van der Waals surface area contributed by atoms with Crippen LogP contribution in [0.15, 0.2) is 29.2 Å². The maximum Gasteiger partial charge on any atom is 0.266 e. The quantitative estimate of drug-likeness (QED) is 0.596. The summed E-state index contributed by atoms with van der Waals surface area (Å²) in [5.41, 5.74) is 2.16. The molecule has 0 aliphatic carbocycles. The molecule has 0 bridgehead atoms. The number of thioether (sulfide) groups is 1. The van der Waals surface area contributed by atoms with Crippen LogP contribution in [0.1, 0.15) is 36.8 Å². The molecule has 0 aromatic heterocycles. The highest BCUT2D eigenvalue weighted by Gasteiger charge is 2.32. The van der Waals surface area contributed by atoms with E-state index >= 15 is 0 Å². The van der Waals surface area contributed by atoms with E-state index in [1.807, 2.05) is 42.2 Å². The lowest BCUT2D eigenvalue weighted by atomic mass is 10.1. The Hall–Kier alpha value is -1.66. The molecule has 0 N–H and O–H groups in total. The lowest BCUT2D eigenvalue weighted by molar-refractivity contribution is -0.132. The van der Waals surface area contributed by atoms with Crippen LogP contribution in [0.25, 0.3) is 6.08 Å². The molecule has 1 aromatic carbocycles. The summed E-state index contributed by atoms with van der Waals surface area (Å²) in [4.78, 5) is 29.0. The third-order valence-corrected chi connectivity index (χ3v) is 5.88. The number of carbonyl (C=O) groups excluding carboxylic acids is 2. The van der Waals surface area contributed by atoms with Crippen LogP contribution in [0.5, 0.6) is 0 Å². The average molecular weight is 375 g/mol. The van der Waals surface area contributed by atoms with Gasteiger partial charge in [-0.2, -0.15) is 0 Å². The molecule has 2 aliphatic rings. The first-order valence-electron chi connectivity index (χ1n) is 8.64. The summed E-state index contributed by atoms with van der Waals surface area (Å²) in [6.07, 6.45) is 5.55. The molecule has 2 heterocycles. The molecule has 2 aliphatic heterocycles. The van der Waals surface area contributed by atoms with Crippen LogP contribution in [0.3, 0.4) is 0 Å². The standard InChI is InChI=1S/C19H22N2O2S2/c1-14-5-7-15(8-6-14)13-16-18(23)21(19(24)25-16)12-9-17(22)20-10-3-2-4-11-20/h5-8,13H,2-4,9-12H2,1H3. The van der Waals surface area contributed by atoms with Crippen molar-refractivity contribution in [2.24, 2.45) is 0 Å². The molecule has 132 valence electrons. The smallest absolute Gasteiger partial charge is 0.266 e. The molecule has 25 heavy (non-hydrogen) atoms. The van der Waals surface area contributed by atoms with Crippen LogP contribution in [-0.2, 0) is 9.59 Å². The summed E-state index contributed by atoms with van der Waals surface area (Å²) in [6.45, 7) is 4.07. The second-order valence-corrected chi connectivity index (χ2v) is 8.11. The van der Waals surface area contributed by atoms with Gasteiger partial charge in [0.15, 0.2) is 0 Å². The number of hydrogen-bond acceptors (Lipinski definition) is 4. The van der Waals surface area contributed by atoms with E-state index in [9.17, 15) is 9.59 Å². The first kappa shape index (κ1) is 18.1. The molecule has 1 aromatic rings. The molecular weight excluding hydrogens is 352 g/mol. The van der Waals surface area contributed by atoms with E-state index in [2.05, 4.69) is 0 Å². The molecule has 0 unspecified atom stereocenters. The molecule has 2 amide bonds. The summed E-state index contributed by atoms with van der Waals surface area (Å²) in [5.74, 6) is 0.0262. The van der Waals surface area contributed by atoms with Crippen molar-refractivity contribution in [1.29, 1.82) is 0 Å². The molecule has 6 heteroatoms. The van der Waals surface area contributed by atoms with Crippen LogP contribution in [0.4, 0.5) is 0 Å².